The first-order chi connectivity index (χ1) is 10.8. The van der Waals surface area contributed by atoms with E-state index in [0.717, 1.165) is 18.9 Å². The van der Waals surface area contributed by atoms with Gasteiger partial charge >= 0.3 is 5.97 Å². The molecule has 1 saturated carbocycles. The summed E-state index contributed by atoms with van der Waals surface area (Å²) in [6.45, 7) is 3.97. The Morgan fingerprint density at radius 1 is 1.39 bits per heavy atom. The molecule has 0 aliphatic heterocycles. The second-order valence-corrected chi connectivity index (χ2v) is 7.71. The number of hydrogen-bond donors (Lipinski definition) is 0. The van der Waals surface area contributed by atoms with Crippen LogP contribution < -0.4 is 0 Å². The van der Waals surface area contributed by atoms with E-state index in [2.05, 4.69) is 0 Å². The van der Waals surface area contributed by atoms with Crippen molar-refractivity contribution in [3.8, 4) is 0 Å². The van der Waals surface area contributed by atoms with Gasteiger partial charge < -0.3 is 4.74 Å². The molecule has 1 aromatic carbocycles. The highest BCUT2D eigenvalue weighted by atomic mass is 32.2. The third-order valence-corrected chi connectivity index (χ3v) is 5.66. The molecule has 0 N–H and O–H groups in total. The maximum absolute atomic E-state index is 13.4. The number of ether oxygens (including phenoxy) is 1. The molecule has 2 rings (SSSR count). The summed E-state index contributed by atoms with van der Waals surface area (Å²) in [5.74, 6) is -0.517. The molecule has 1 aromatic rings. The summed E-state index contributed by atoms with van der Waals surface area (Å²) in [6.07, 6.45) is 2.00. The number of hydrogen-bond acceptors (Lipinski definition) is 4. The van der Waals surface area contributed by atoms with Gasteiger partial charge in [-0.25, -0.2) is 12.8 Å². The van der Waals surface area contributed by atoms with Crippen molar-refractivity contribution < 1.29 is 22.3 Å². The minimum Gasteiger partial charge on any atom is -0.466 e. The van der Waals surface area contributed by atoms with Gasteiger partial charge in [-0.05, 0) is 56.4 Å². The molecule has 0 saturated heterocycles. The average molecular weight is 343 g/mol. The van der Waals surface area contributed by atoms with E-state index in [0.29, 0.717) is 12.5 Å². The molecule has 0 spiro atoms. The van der Waals surface area contributed by atoms with Crippen LogP contribution in [0.5, 0.6) is 0 Å². The smallest absolute Gasteiger partial charge is 0.307 e. The van der Waals surface area contributed by atoms with Crippen LogP contribution in [0, 0.1) is 18.7 Å². The van der Waals surface area contributed by atoms with Gasteiger partial charge in [0.1, 0.15) is 5.82 Å². The molecule has 0 heterocycles. The highest BCUT2D eigenvalue weighted by Gasteiger charge is 2.32. The first-order valence-corrected chi connectivity index (χ1v) is 9.20. The summed E-state index contributed by atoms with van der Waals surface area (Å²) in [6, 6.07) is 3.75. The van der Waals surface area contributed by atoms with Crippen molar-refractivity contribution in [2.75, 3.05) is 19.7 Å². The number of aryl methyl sites for hydroxylation is 1. The topological polar surface area (TPSA) is 63.7 Å². The van der Waals surface area contributed by atoms with Gasteiger partial charge in [0, 0.05) is 13.1 Å². The Labute approximate surface area is 136 Å². The van der Waals surface area contributed by atoms with Crippen molar-refractivity contribution >= 4 is 16.0 Å². The number of carbonyl (C=O) groups excluding carboxylic acids is 1. The number of nitrogens with zero attached hydrogens (tertiary/aromatic N) is 1. The zero-order valence-electron chi connectivity index (χ0n) is 13.4. The molecule has 0 unspecified atom stereocenters. The Bertz CT molecular complexity index is 671. The van der Waals surface area contributed by atoms with E-state index >= 15 is 0 Å². The molecule has 1 aliphatic rings. The number of benzene rings is 1. The first kappa shape index (κ1) is 17.9. The van der Waals surface area contributed by atoms with Crippen LogP contribution in [0.4, 0.5) is 4.39 Å². The molecule has 1 aliphatic carbocycles. The maximum atomic E-state index is 13.4. The van der Waals surface area contributed by atoms with E-state index in [4.69, 9.17) is 4.74 Å². The molecule has 128 valence electrons. The van der Waals surface area contributed by atoms with Crippen LogP contribution >= 0.6 is 0 Å². The quantitative estimate of drug-likeness (QED) is 0.680. The summed E-state index contributed by atoms with van der Waals surface area (Å²) in [5, 5.41) is 0. The Morgan fingerprint density at radius 3 is 2.65 bits per heavy atom. The highest BCUT2D eigenvalue weighted by Crippen LogP contribution is 2.32. The molecule has 5 nitrogen and oxygen atoms in total. The summed E-state index contributed by atoms with van der Waals surface area (Å²) in [5.41, 5.74) is 0.280. The summed E-state index contributed by atoms with van der Waals surface area (Å²) in [7, 11) is -3.75. The summed E-state index contributed by atoms with van der Waals surface area (Å²) < 4.78 is 45.1. The lowest BCUT2D eigenvalue weighted by Gasteiger charge is -2.22. The number of rotatable bonds is 8. The normalized spacial score (nSPS) is 15.0. The minimum atomic E-state index is -3.75. The van der Waals surface area contributed by atoms with E-state index in [1.165, 1.54) is 23.4 Å². The number of esters is 1. The standard InChI is InChI=1S/C16H22FNO4S/c1-3-22-16(19)8-9-18(11-13-4-5-13)23(20,21)14-6-7-15(17)12(2)10-14/h6-7,10,13H,3-5,8-9,11H2,1-2H3. The monoisotopic (exact) mass is 343 g/mol. The van der Waals surface area contributed by atoms with Gasteiger partial charge in [0.05, 0.1) is 17.9 Å². The molecule has 1 fully saturated rings. The van der Waals surface area contributed by atoms with Gasteiger partial charge in [0.15, 0.2) is 0 Å². The van der Waals surface area contributed by atoms with E-state index < -0.39 is 21.8 Å². The lowest BCUT2D eigenvalue weighted by Crippen LogP contribution is -2.35. The fourth-order valence-corrected chi connectivity index (χ4v) is 3.88. The van der Waals surface area contributed by atoms with Gasteiger partial charge in [-0.3, -0.25) is 4.79 Å². The van der Waals surface area contributed by atoms with Crippen molar-refractivity contribution in [1.82, 2.24) is 4.31 Å². The van der Waals surface area contributed by atoms with Gasteiger partial charge in [-0.15, -0.1) is 0 Å². The summed E-state index contributed by atoms with van der Waals surface area (Å²) in [4.78, 5) is 11.6. The van der Waals surface area contributed by atoms with Crippen molar-refractivity contribution in [2.24, 2.45) is 5.92 Å². The van der Waals surface area contributed by atoms with Gasteiger partial charge in [-0.1, -0.05) is 0 Å². The van der Waals surface area contributed by atoms with E-state index in [-0.39, 0.29) is 30.0 Å². The Kier molecular flexibility index (Phi) is 5.75. The minimum absolute atomic E-state index is 0.0139. The van der Waals surface area contributed by atoms with Crippen LogP contribution in [0.2, 0.25) is 0 Å². The molecule has 0 bridgehead atoms. The van der Waals surface area contributed by atoms with Crippen LogP contribution in [0.3, 0.4) is 0 Å². The van der Waals surface area contributed by atoms with Crippen LogP contribution in [0.1, 0.15) is 31.7 Å². The number of carbonyl (C=O) groups is 1. The number of sulfonamides is 1. The fourth-order valence-electron chi connectivity index (χ4n) is 2.27. The van der Waals surface area contributed by atoms with Crippen molar-refractivity contribution in [2.45, 2.75) is 38.0 Å². The Balaban J connectivity index is 2.17. The van der Waals surface area contributed by atoms with E-state index in [1.54, 1.807) is 6.92 Å². The maximum Gasteiger partial charge on any atom is 0.307 e. The number of halogens is 1. The first-order valence-electron chi connectivity index (χ1n) is 7.76. The molecular weight excluding hydrogens is 321 g/mol. The van der Waals surface area contributed by atoms with E-state index in [1.807, 2.05) is 0 Å². The van der Waals surface area contributed by atoms with Crippen molar-refractivity contribution in [1.29, 1.82) is 0 Å². The summed E-state index contributed by atoms with van der Waals surface area (Å²) >= 11 is 0. The second kappa shape index (κ2) is 7.40. The van der Waals surface area contributed by atoms with Gasteiger partial charge in [-0.2, -0.15) is 4.31 Å². The molecule has 0 radical (unpaired) electrons. The third kappa shape index (κ3) is 4.75. The van der Waals surface area contributed by atoms with Crippen LogP contribution in [0.15, 0.2) is 23.1 Å². The molecule has 0 atom stereocenters. The SMILES string of the molecule is CCOC(=O)CCN(CC1CC1)S(=O)(=O)c1ccc(F)c(C)c1. The zero-order valence-corrected chi connectivity index (χ0v) is 14.2. The molecule has 0 aromatic heterocycles. The van der Waals surface area contributed by atoms with Gasteiger partial charge in [0.2, 0.25) is 10.0 Å². The van der Waals surface area contributed by atoms with Crippen LogP contribution in [0.25, 0.3) is 0 Å². The zero-order chi connectivity index (χ0) is 17.0. The molecule has 0 amide bonds. The highest BCUT2D eigenvalue weighted by molar-refractivity contribution is 7.89. The molecule has 7 heteroatoms. The fraction of sp³-hybridized carbons (Fsp3) is 0.562. The largest absolute Gasteiger partial charge is 0.466 e. The van der Waals surface area contributed by atoms with Crippen LogP contribution in [-0.2, 0) is 19.6 Å². The lowest BCUT2D eigenvalue weighted by atomic mass is 10.2. The lowest BCUT2D eigenvalue weighted by molar-refractivity contribution is -0.143. The molecular formula is C16H22FNO4S. The van der Waals surface area contributed by atoms with Crippen molar-refractivity contribution in [3.63, 3.8) is 0 Å². The van der Waals surface area contributed by atoms with Crippen LogP contribution in [-0.4, -0.2) is 38.4 Å². The Morgan fingerprint density at radius 2 is 2.09 bits per heavy atom. The predicted molar refractivity (Wildman–Crippen MR) is 83.9 cm³/mol. The van der Waals surface area contributed by atoms with Crippen molar-refractivity contribution in [3.05, 3.63) is 29.6 Å². The van der Waals surface area contributed by atoms with Gasteiger partial charge in [0.25, 0.3) is 0 Å². The third-order valence-electron chi connectivity index (χ3n) is 3.80. The Hall–Kier alpha value is -1.47. The predicted octanol–water partition coefficient (Wildman–Crippen LogP) is 2.49. The van der Waals surface area contributed by atoms with E-state index in [9.17, 15) is 17.6 Å². The molecule has 23 heavy (non-hydrogen) atoms. The average Bonchev–Trinajstić information content (AvgIpc) is 3.30. The second-order valence-electron chi connectivity index (χ2n) is 5.77.